The first kappa shape index (κ1) is 17.2. The molecule has 2 heterocycles. The second-order valence-corrected chi connectivity index (χ2v) is 4.11. The fourth-order valence-electron chi connectivity index (χ4n) is 2.12. The molecule has 0 aromatic carbocycles. The number of rotatable bonds is 2. The van der Waals surface area contributed by atoms with E-state index in [0.29, 0.717) is 5.69 Å². The largest absolute Gasteiger partial charge is 0.464 e. The van der Waals surface area contributed by atoms with Crippen LogP contribution >= 0.6 is 24.8 Å². The Bertz CT molecular complexity index is 390. The summed E-state index contributed by atoms with van der Waals surface area (Å²) >= 11 is 0. The van der Waals surface area contributed by atoms with E-state index >= 15 is 0 Å². The van der Waals surface area contributed by atoms with Crippen LogP contribution in [0.25, 0.3) is 0 Å². The number of aryl methyl sites for hydroxylation is 1. The highest BCUT2D eigenvalue weighted by Crippen LogP contribution is 2.20. The second kappa shape index (κ2) is 7.61. The van der Waals surface area contributed by atoms with E-state index < -0.39 is 0 Å². The van der Waals surface area contributed by atoms with Gasteiger partial charge in [-0.05, 0) is 26.3 Å². The van der Waals surface area contributed by atoms with Crippen LogP contribution in [0.5, 0.6) is 0 Å². The maximum atomic E-state index is 11.7. The number of halogens is 2. The summed E-state index contributed by atoms with van der Waals surface area (Å²) in [6.45, 7) is 3.79. The van der Waals surface area contributed by atoms with Crippen LogP contribution in [-0.4, -0.2) is 35.9 Å². The van der Waals surface area contributed by atoms with Crippen LogP contribution < -0.4 is 5.32 Å². The van der Waals surface area contributed by atoms with Crippen molar-refractivity contribution in [3.05, 3.63) is 17.5 Å². The highest BCUT2D eigenvalue weighted by atomic mass is 35.5. The Labute approximate surface area is 119 Å². The van der Waals surface area contributed by atoms with Gasteiger partial charge in [0.1, 0.15) is 5.69 Å². The number of piperidine rings is 1. The summed E-state index contributed by atoms with van der Waals surface area (Å²) in [4.78, 5) is 11.7. The third-order valence-electron chi connectivity index (χ3n) is 2.97. The molecule has 1 aliphatic heterocycles. The topological polar surface area (TPSA) is 56.1 Å². The van der Waals surface area contributed by atoms with Gasteiger partial charge in [-0.2, -0.15) is 5.10 Å². The normalized spacial score (nSPS) is 18.4. The maximum Gasteiger partial charge on any atom is 0.356 e. The summed E-state index contributed by atoms with van der Waals surface area (Å²) in [5.74, 6) is -0.305. The van der Waals surface area contributed by atoms with Crippen LogP contribution in [0.2, 0.25) is 0 Å². The van der Waals surface area contributed by atoms with E-state index in [-0.39, 0.29) is 36.8 Å². The number of nitrogens with zero attached hydrogens (tertiary/aromatic N) is 2. The van der Waals surface area contributed by atoms with Crippen molar-refractivity contribution in [2.24, 2.45) is 0 Å². The number of carbonyl (C=O) groups excluding carboxylic acids is 1. The molecule has 0 amide bonds. The van der Waals surface area contributed by atoms with Crippen LogP contribution in [0.15, 0.2) is 6.20 Å². The van der Waals surface area contributed by atoms with Gasteiger partial charge in [0.2, 0.25) is 0 Å². The average Bonchev–Trinajstić information content (AvgIpc) is 2.71. The molecule has 1 unspecified atom stereocenters. The highest BCUT2D eigenvalue weighted by Gasteiger charge is 2.23. The summed E-state index contributed by atoms with van der Waals surface area (Å²) < 4.78 is 6.59. The van der Waals surface area contributed by atoms with E-state index in [1.54, 1.807) is 10.9 Å². The Balaban J connectivity index is 0.00000144. The number of aromatic nitrogens is 2. The summed E-state index contributed by atoms with van der Waals surface area (Å²) in [6.07, 6.45) is 3.89. The van der Waals surface area contributed by atoms with Gasteiger partial charge < -0.3 is 10.1 Å². The summed E-state index contributed by atoms with van der Waals surface area (Å²) in [5, 5.41) is 7.60. The summed E-state index contributed by atoms with van der Waals surface area (Å²) in [6, 6.07) is 0.261. The molecule has 0 bridgehead atoms. The summed E-state index contributed by atoms with van der Waals surface area (Å²) in [5.41, 5.74) is 1.45. The first-order valence-corrected chi connectivity index (χ1v) is 5.57. The number of ether oxygens (including phenoxy) is 1. The molecular formula is C11H19Cl2N3O2. The van der Waals surface area contributed by atoms with Crippen molar-refractivity contribution in [1.82, 2.24) is 15.1 Å². The Morgan fingerprint density at radius 2 is 2.28 bits per heavy atom. The molecule has 1 atom stereocenters. The first-order chi connectivity index (χ1) is 7.74. The lowest BCUT2D eigenvalue weighted by atomic mass is 10.1. The van der Waals surface area contributed by atoms with Gasteiger partial charge in [-0.3, -0.25) is 4.68 Å². The number of hydrogen-bond acceptors (Lipinski definition) is 4. The van der Waals surface area contributed by atoms with E-state index in [0.717, 1.165) is 31.5 Å². The lowest BCUT2D eigenvalue weighted by Crippen LogP contribution is -2.33. The van der Waals surface area contributed by atoms with Crippen molar-refractivity contribution < 1.29 is 9.53 Å². The Morgan fingerprint density at radius 3 is 2.83 bits per heavy atom. The Kier molecular flexibility index (Phi) is 7.28. The quantitative estimate of drug-likeness (QED) is 0.845. The number of esters is 1. The Hall–Kier alpha value is -0.780. The SMILES string of the molecule is COC(=O)c1c(C)cnn1C1CCCNC1.Cl.Cl. The number of methoxy groups -OCH3 is 1. The van der Waals surface area contributed by atoms with Crippen molar-refractivity contribution in [3.8, 4) is 0 Å². The average molecular weight is 296 g/mol. The monoisotopic (exact) mass is 295 g/mol. The van der Waals surface area contributed by atoms with Gasteiger partial charge in [0.05, 0.1) is 19.3 Å². The van der Waals surface area contributed by atoms with E-state index in [1.165, 1.54) is 7.11 Å². The molecule has 0 spiro atoms. The predicted octanol–water partition coefficient (Wildman–Crippen LogP) is 1.75. The minimum absolute atomic E-state index is 0. The molecule has 5 nitrogen and oxygen atoms in total. The van der Waals surface area contributed by atoms with Crippen LogP contribution in [-0.2, 0) is 4.74 Å². The fourth-order valence-corrected chi connectivity index (χ4v) is 2.12. The molecule has 2 rings (SSSR count). The third kappa shape index (κ3) is 3.37. The van der Waals surface area contributed by atoms with Gasteiger partial charge in [-0.1, -0.05) is 0 Å². The molecule has 0 radical (unpaired) electrons. The van der Waals surface area contributed by atoms with E-state index in [4.69, 9.17) is 4.74 Å². The third-order valence-corrected chi connectivity index (χ3v) is 2.97. The molecule has 104 valence electrons. The van der Waals surface area contributed by atoms with Gasteiger partial charge in [0.15, 0.2) is 0 Å². The second-order valence-electron chi connectivity index (χ2n) is 4.11. The van der Waals surface area contributed by atoms with Crippen molar-refractivity contribution >= 4 is 30.8 Å². The zero-order valence-electron chi connectivity index (χ0n) is 10.5. The first-order valence-electron chi connectivity index (χ1n) is 5.57. The van der Waals surface area contributed by atoms with Gasteiger partial charge in [0, 0.05) is 12.1 Å². The van der Waals surface area contributed by atoms with Gasteiger partial charge in [-0.15, -0.1) is 24.8 Å². The van der Waals surface area contributed by atoms with E-state index in [9.17, 15) is 4.79 Å². The molecule has 0 aliphatic carbocycles. The Morgan fingerprint density at radius 1 is 1.56 bits per heavy atom. The molecule has 1 aliphatic rings. The van der Waals surface area contributed by atoms with Crippen molar-refractivity contribution in [2.45, 2.75) is 25.8 Å². The van der Waals surface area contributed by atoms with Crippen LogP contribution in [0.3, 0.4) is 0 Å². The molecule has 1 aromatic rings. The molecule has 0 saturated carbocycles. The van der Waals surface area contributed by atoms with Crippen molar-refractivity contribution in [2.75, 3.05) is 20.2 Å². The van der Waals surface area contributed by atoms with Crippen molar-refractivity contribution in [3.63, 3.8) is 0 Å². The van der Waals surface area contributed by atoms with Gasteiger partial charge >= 0.3 is 5.97 Å². The van der Waals surface area contributed by atoms with E-state index in [1.807, 2.05) is 6.92 Å². The molecule has 7 heteroatoms. The maximum absolute atomic E-state index is 11.7. The molecule has 1 fully saturated rings. The number of carbonyl (C=O) groups is 1. The molecular weight excluding hydrogens is 277 g/mol. The van der Waals surface area contributed by atoms with Crippen LogP contribution in [0.4, 0.5) is 0 Å². The fraction of sp³-hybridized carbons (Fsp3) is 0.636. The zero-order chi connectivity index (χ0) is 11.5. The standard InChI is InChI=1S/C11H17N3O2.2ClH/c1-8-6-13-14(10(8)11(15)16-2)9-4-3-5-12-7-9;;/h6,9,12H,3-5,7H2,1-2H3;2*1H. The molecule has 1 N–H and O–H groups in total. The highest BCUT2D eigenvalue weighted by molar-refractivity contribution is 5.89. The lowest BCUT2D eigenvalue weighted by molar-refractivity contribution is 0.0581. The van der Waals surface area contributed by atoms with Gasteiger partial charge in [0.25, 0.3) is 0 Å². The molecule has 1 saturated heterocycles. The lowest BCUT2D eigenvalue weighted by Gasteiger charge is -2.24. The minimum atomic E-state index is -0.305. The van der Waals surface area contributed by atoms with E-state index in [2.05, 4.69) is 10.4 Å². The smallest absolute Gasteiger partial charge is 0.356 e. The van der Waals surface area contributed by atoms with Crippen LogP contribution in [0, 0.1) is 6.92 Å². The summed E-state index contributed by atoms with van der Waals surface area (Å²) in [7, 11) is 1.40. The number of nitrogens with one attached hydrogen (secondary N) is 1. The van der Waals surface area contributed by atoms with Crippen molar-refractivity contribution in [1.29, 1.82) is 0 Å². The molecule has 1 aromatic heterocycles. The zero-order valence-corrected chi connectivity index (χ0v) is 12.1. The predicted molar refractivity (Wildman–Crippen MR) is 73.9 cm³/mol. The minimum Gasteiger partial charge on any atom is -0.464 e. The van der Waals surface area contributed by atoms with Gasteiger partial charge in [-0.25, -0.2) is 4.79 Å². The number of hydrogen-bond donors (Lipinski definition) is 1. The van der Waals surface area contributed by atoms with Crippen LogP contribution in [0.1, 0.15) is 34.9 Å². The molecule has 18 heavy (non-hydrogen) atoms.